The van der Waals surface area contributed by atoms with Gasteiger partial charge in [0, 0.05) is 6.42 Å². The van der Waals surface area contributed by atoms with Crippen molar-refractivity contribution in [2.45, 2.75) is 63.3 Å². The smallest absolute Gasteiger partial charge is 0.362 e. The van der Waals surface area contributed by atoms with Crippen LogP contribution in [0.1, 0.15) is 45.4 Å². The van der Waals surface area contributed by atoms with Crippen molar-refractivity contribution in [2.24, 2.45) is 0 Å². The Morgan fingerprint density at radius 3 is 2.07 bits per heavy atom. The van der Waals surface area contributed by atoms with E-state index < -0.39 is 61.3 Å². The average molecular weight is 390 g/mol. The van der Waals surface area contributed by atoms with E-state index in [2.05, 4.69) is 4.74 Å². The summed E-state index contributed by atoms with van der Waals surface area (Å²) in [6.07, 6.45) is 0.118. The van der Waals surface area contributed by atoms with E-state index in [1.165, 1.54) is 0 Å². The number of cyclic esters (lactones) is 3. The fraction of sp³-hybridized carbons (Fsp3) is 0.765. The average Bonchev–Trinajstić information content (AvgIpc) is 2.70. The molecule has 1 aliphatic rings. The lowest BCUT2D eigenvalue weighted by Crippen LogP contribution is -2.56. The van der Waals surface area contributed by atoms with Crippen LogP contribution in [0.2, 0.25) is 0 Å². The van der Waals surface area contributed by atoms with Crippen LogP contribution < -0.4 is 0 Å². The number of rotatable bonds is 10. The zero-order valence-electron chi connectivity index (χ0n) is 15.2. The zero-order valence-corrected chi connectivity index (χ0v) is 15.2. The van der Waals surface area contributed by atoms with Gasteiger partial charge in [-0.25, -0.2) is 14.4 Å². The third kappa shape index (κ3) is 5.72. The molecule has 0 aliphatic carbocycles. The number of carbonyl (C=O) groups is 4. The van der Waals surface area contributed by atoms with Crippen molar-refractivity contribution in [1.29, 1.82) is 0 Å². The Kier molecular flexibility index (Phi) is 9.33. The van der Waals surface area contributed by atoms with Crippen molar-refractivity contribution in [3.05, 3.63) is 0 Å². The van der Waals surface area contributed by atoms with Gasteiger partial charge in [-0.15, -0.1) is 0 Å². The molecule has 0 aromatic heterocycles. The van der Waals surface area contributed by atoms with Gasteiger partial charge < -0.3 is 29.5 Å². The molecule has 0 bridgehead atoms. The molecule has 3 atom stereocenters. The SMILES string of the molecule is CCCCCCCC(=O)C1(CO)OC(=O)C(CO)OC(=O)C(CO)OC1=O. The monoisotopic (exact) mass is 390 g/mol. The Morgan fingerprint density at radius 1 is 0.926 bits per heavy atom. The van der Waals surface area contributed by atoms with Crippen LogP contribution in [0.5, 0.6) is 0 Å². The molecule has 10 heteroatoms. The van der Waals surface area contributed by atoms with Crippen LogP contribution in [-0.2, 0) is 33.4 Å². The summed E-state index contributed by atoms with van der Waals surface area (Å²) >= 11 is 0. The van der Waals surface area contributed by atoms with E-state index in [1.54, 1.807) is 0 Å². The second kappa shape index (κ2) is 11.0. The van der Waals surface area contributed by atoms with Crippen molar-refractivity contribution in [3.8, 4) is 0 Å². The van der Waals surface area contributed by atoms with Crippen LogP contribution in [0.15, 0.2) is 0 Å². The van der Waals surface area contributed by atoms with E-state index in [1.807, 2.05) is 6.92 Å². The number of aliphatic hydroxyl groups excluding tert-OH is 3. The van der Waals surface area contributed by atoms with Gasteiger partial charge in [0.2, 0.25) is 12.2 Å². The fourth-order valence-corrected chi connectivity index (χ4v) is 2.49. The maximum Gasteiger partial charge on any atom is 0.362 e. The minimum atomic E-state index is -2.68. The van der Waals surface area contributed by atoms with Crippen molar-refractivity contribution in [3.63, 3.8) is 0 Å². The molecule has 1 aliphatic heterocycles. The topological polar surface area (TPSA) is 157 Å². The number of ketones is 1. The predicted molar refractivity (Wildman–Crippen MR) is 88.2 cm³/mol. The lowest BCUT2D eigenvalue weighted by Gasteiger charge is -2.28. The number of ether oxygens (including phenoxy) is 3. The third-order valence-electron chi connectivity index (χ3n) is 4.15. The number of aliphatic hydroxyl groups is 3. The highest BCUT2D eigenvalue weighted by Crippen LogP contribution is 2.23. The summed E-state index contributed by atoms with van der Waals surface area (Å²) in [5.74, 6) is -5.05. The molecular formula is C17H26O10. The summed E-state index contributed by atoms with van der Waals surface area (Å²) in [5, 5.41) is 28.1. The number of esters is 3. The van der Waals surface area contributed by atoms with Gasteiger partial charge in [0.25, 0.3) is 5.60 Å². The van der Waals surface area contributed by atoms with Gasteiger partial charge in [-0.2, -0.15) is 0 Å². The summed E-state index contributed by atoms with van der Waals surface area (Å²) in [6.45, 7) is -1.15. The van der Waals surface area contributed by atoms with Crippen molar-refractivity contribution >= 4 is 23.7 Å². The van der Waals surface area contributed by atoms with Crippen LogP contribution in [0.4, 0.5) is 0 Å². The molecule has 154 valence electrons. The second-order valence-electron chi connectivity index (χ2n) is 6.18. The summed E-state index contributed by atoms with van der Waals surface area (Å²) < 4.78 is 14.3. The molecule has 0 amide bonds. The van der Waals surface area contributed by atoms with Gasteiger partial charge in [0.15, 0.2) is 5.78 Å². The largest absolute Gasteiger partial charge is 0.445 e. The molecule has 1 saturated heterocycles. The summed E-state index contributed by atoms with van der Waals surface area (Å²) in [7, 11) is 0. The standard InChI is InChI=1S/C17H26O10/c1-2-3-4-5-6-7-13(21)17(10-20)16(24)26-11(8-18)14(22)25-12(9-19)15(23)27-17/h11-12,18-20H,2-10H2,1H3. The van der Waals surface area contributed by atoms with Crippen LogP contribution in [0, 0.1) is 0 Å². The molecule has 3 unspecified atom stereocenters. The molecule has 0 aromatic carbocycles. The maximum absolute atomic E-state index is 12.6. The van der Waals surface area contributed by atoms with E-state index in [4.69, 9.17) is 9.47 Å². The molecule has 10 nitrogen and oxygen atoms in total. The van der Waals surface area contributed by atoms with Gasteiger partial charge in [-0.05, 0) is 6.42 Å². The Labute approximate surface area is 156 Å². The van der Waals surface area contributed by atoms with Gasteiger partial charge in [-0.3, -0.25) is 4.79 Å². The lowest BCUT2D eigenvalue weighted by molar-refractivity contribution is -0.194. The number of unbranched alkanes of at least 4 members (excludes halogenated alkanes) is 4. The van der Waals surface area contributed by atoms with Gasteiger partial charge in [-0.1, -0.05) is 32.6 Å². The minimum absolute atomic E-state index is 0.172. The number of hydrogen-bond acceptors (Lipinski definition) is 10. The van der Waals surface area contributed by atoms with Crippen molar-refractivity contribution in [1.82, 2.24) is 0 Å². The Bertz CT molecular complexity index is 544. The molecular weight excluding hydrogens is 364 g/mol. The minimum Gasteiger partial charge on any atom is -0.445 e. The first-order valence-electron chi connectivity index (χ1n) is 8.86. The second-order valence-corrected chi connectivity index (χ2v) is 6.18. The third-order valence-corrected chi connectivity index (χ3v) is 4.15. The van der Waals surface area contributed by atoms with E-state index >= 15 is 0 Å². The molecule has 1 rings (SSSR count). The number of Topliss-reactive ketones (excluding diaryl/α,β-unsaturated/α-hetero) is 1. The quantitative estimate of drug-likeness (QED) is 0.183. The molecule has 1 heterocycles. The summed E-state index contributed by atoms with van der Waals surface area (Å²) in [4.78, 5) is 49.0. The van der Waals surface area contributed by atoms with E-state index in [-0.39, 0.29) is 6.42 Å². The predicted octanol–water partition coefficient (Wildman–Crippen LogP) is -0.988. The van der Waals surface area contributed by atoms with Crippen LogP contribution in [0.25, 0.3) is 0 Å². The Balaban J connectivity index is 3.07. The molecule has 0 spiro atoms. The molecule has 1 fully saturated rings. The summed E-state index contributed by atoms with van der Waals surface area (Å²) in [5.41, 5.74) is -2.68. The Morgan fingerprint density at radius 2 is 1.52 bits per heavy atom. The molecule has 27 heavy (non-hydrogen) atoms. The highest BCUT2D eigenvalue weighted by Gasteiger charge is 2.53. The molecule has 0 saturated carbocycles. The van der Waals surface area contributed by atoms with Crippen molar-refractivity contribution < 1.29 is 48.7 Å². The number of hydrogen-bond donors (Lipinski definition) is 3. The zero-order chi connectivity index (χ0) is 20.4. The first kappa shape index (κ1) is 23.0. The van der Waals surface area contributed by atoms with E-state index in [0.717, 1.165) is 19.3 Å². The lowest BCUT2D eigenvalue weighted by atomic mass is 9.94. The first-order valence-corrected chi connectivity index (χ1v) is 8.86. The van der Waals surface area contributed by atoms with Crippen LogP contribution in [-0.4, -0.2) is 76.6 Å². The van der Waals surface area contributed by atoms with Gasteiger partial charge in [0.1, 0.15) is 6.61 Å². The fourth-order valence-electron chi connectivity index (χ4n) is 2.49. The van der Waals surface area contributed by atoms with Crippen molar-refractivity contribution in [2.75, 3.05) is 19.8 Å². The van der Waals surface area contributed by atoms with Crippen LogP contribution in [0.3, 0.4) is 0 Å². The first-order chi connectivity index (χ1) is 12.9. The Hall–Kier alpha value is -2.04. The molecule has 0 radical (unpaired) electrons. The highest BCUT2D eigenvalue weighted by molar-refractivity contribution is 6.09. The van der Waals surface area contributed by atoms with Crippen LogP contribution >= 0.6 is 0 Å². The molecule has 3 N–H and O–H groups in total. The van der Waals surface area contributed by atoms with Gasteiger partial charge in [0.05, 0.1) is 13.2 Å². The van der Waals surface area contributed by atoms with E-state index in [0.29, 0.717) is 12.8 Å². The maximum atomic E-state index is 12.6. The highest BCUT2D eigenvalue weighted by atomic mass is 16.7. The van der Waals surface area contributed by atoms with Gasteiger partial charge >= 0.3 is 17.9 Å². The summed E-state index contributed by atoms with van der Waals surface area (Å²) in [6, 6.07) is 0. The van der Waals surface area contributed by atoms with E-state index in [9.17, 15) is 34.5 Å². The number of carbonyl (C=O) groups excluding carboxylic acids is 4. The molecule has 0 aromatic rings. The normalized spacial score (nSPS) is 26.3.